The van der Waals surface area contributed by atoms with E-state index >= 15 is 0 Å². The van der Waals surface area contributed by atoms with E-state index in [2.05, 4.69) is 12.2 Å². The van der Waals surface area contributed by atoms with Gasteiger partial charge in [-0.05, 0) is 43.4 Å². The molecule has 0 radical (unpaired) electrons. The average Bonchev–Trinajstić information content (AvgIpc) is 2.53. The smallest absolute Gasteiger partial charge is 0.251 e. The molecule has 4 nitrogen and oxygen atoms in total. The van der Waals surface area contributed by atoms with Gasteiger partial charge < -0.3 is 16.8 Å². The Morgan fingerprint density at radius 1 is 1.11 bits per heavy atom. The highest BCUT2D eigenvalue weighted by molar-refractivity contribution is 5.96. The maximum Gasteiger partial charge on any atom is 0.251 e. The zero-order valence-corrected chi connectivity index (χ0v) is 11.5. The molecule has 0 heterocycles. The summed E-state index contributed by atoms with van der Waals surface area (Å²) in [7, 11) is 0. The highest BCUT2D eigenvalue weighted by Crippen LogP contribution is 2.23. The Hall–Kier alpha value is -1.71. The zero-order chi connectivity index (χ0) is 13.8. The fraction of sp³-hybridized carbons (Fsp3) is 0.533. The van der Waals surface area contributed by atoms with E-state index in [1.165, 1.54) is 19.3 Å². The van der Waals surface area contributed by atoms with Crippen LogP contribution < -0.4 is 16.8 Å². The van der Waals surface area contributed by atoms with Crippen molar-refractivity contribution in [2.45, 2.75) is 45.1 Å². The van der Waals surface area contributed by atoms with E-state index in [1.54, 1.807) is 18.2 Å². The number of amides is 1. The van der Waals surface area contributed by atoms with Crippen molar-refractivity contribution in [3.8, 4) is 0 Å². The molecular weight excluding hydrogens is 238 g/mol. The first-order valence-corrected chi connectivity index (χ1v) is 7.01. The Labute approximate surface area is 114 Å². The summed E-state index contributed by atoms with van der Waals surface area (Å²) >= 11 is 0. The standard InChI is InChI=1S/C15H23N3O/c1-10-3-2-4-14(6-5-10)18-15(19)11-7-12(16)9-13(17)8-11/h7-10,14H,2-6,16-17H2,1H3,(H,18,19). The molecule has 0 aromatic heterocycles. The minimum Gasteiger partial charge on any atom is -0.399 e. The molecule has 1 amide bonds. The number of benzene rings is 1. The number of carbonyl (C=O) groups excluding carboxylic acids is 1. The van der Waals surface area contributed by atoms with Gasteiger partial charge in [-0.25, -0.2) is 0 Å². The second-order valence-corrected chi connectivity index (χ2v) is 5.67. The Balaban J connectivity index is 2.00. The third kappa shape index (κ3) is 3.88. The summed E-state index contributed by atoms with van der Waals surface area (Å²) in [5, 5.41) is 3.10. The molecule has 1 aromatic carbocycles. The molecule has 5 N–H and O–H groups in total. The van der Waals surface area contributed by atoms with Gasteiger partial charge in [-0.1, -0.05) is 19.8 Å². The summed E-state index contributed by atoms with van der Waals surface area (Å²) in [6, 6.07) is 5.28. The molecule has 2 atom stereocenters. The Morgan fingerprint density at radius 3 is 2.47 bits per heavy atom. The van der Waals surface area contributed by atoms with Crippen molar-refractivity contribution >= 4 is 17.3 Å². The van der Waals surface area contributed by atoms with E-state index in [0.717, 1.165) is 18.8 Å². The van der Waals surface area contributed by atoms with Crippen molar-refractivity contribution in [2.24, 2.45) is 5.92 Å². The van der Waals surface area contributed by atoms with Gasteiger partial charge in [0.25, 0.3) is 5.91 Å². The predicted octanol–water partition coefficient (Wildman–Crippen LogP) is 2.55. The maximum absolute atomic E-state index is 12.2. The Kier molecular flexibility index (Phi) is 4.30. The summed E-state index contributed by atoms with van der Waals surface area (Å²) in [6.45, 7) is 2.28. The van der Waals surface area contributed by atoms with Gasteiger partial charge >= 0.3 is 0 Å². The van der Waals surface area contributed by atoms with Gasteiger partial charge in [0, 0.05) is 23.0 Å². The number of hydrogen-bond donors (Lipinski definition) is 3. The van der Waals surface area contributed by atoms with Gasteiger partial charge in [0.15, 0.2) is 0 Å². The molecule has 0 aliphatic heterocycles. The first-order valence-electron chi connectivity index (χ1n) is 7.01. The molecule has 2 rings (SSSR count). The van der Waals surface area contributed by atoms with Gasteiger partial charge in [-0.3, -0.25) is 4.79 Å². The van der Waals surface area contributed by atoms with Crippen LogP contribution in [0.1, 0.15) is 49.4 Å². The molecule has 1 aliphatic rings. The molecule has 1 fully saturated rings. The van der Waals surface area contributed by atoms with E-state index < -0.39 is 0 Å². The van der Waals surface area contributed by atoms with Crippen LogP contribution in [0, 0.1) is 5.92 Å². The molecule has 0 bridgehead atoms. The number of nitrogen functional groups attached to an aromatic ring is 2. The highest BCUT2D eigenvalue weighted by Gasteiger charge is 2.18. The van der Waals surface area contributed by atoms with Crippen LogP contribution in [0.3, 0.4) is 0 Å². The second-order valence-electron chi connectivity index (χ2n) is 5.67. The molecule has 104 valence electrons. The van der Waals surface area contributed by atoms with E-state index in [-0.39, 0.29) is 11.9 Å². The van der Waals surface area contributed by atoms with Crippen molar-refractivity contribution in [1.82, 2.24) is 5.32 Å². The molecule has 19 heavy (non-hydrogen) atoms. The molecule has 0 saturated heterocycles. The maximum atomic E-state index is 12.2. The summed E-state index contributed by atoms with van der Waals surface area (Å²) in [4.78, 5) is 12.2. The normalized spacial score (nSPS) is 23.6. The van der Waals surface area contributed by atoms with Gasteiger partial charge in [0.05, 0.1) is 0 Å². The minimum absolute atomic E-state index is 0.0708. The molecule has 4 heteroatoms. The van der Waals surface area contributed by atoms with E-state index in [9.17, 15) is 4.79 Å². The van der Waals surface area contributed by atoms with Crippen LogP contribution in [-0.4, -0.2) is 11.9 Å². The van der Waals surface area contributed by atoms with Crippen molar-refractivity contribution < 1.29 is 4.79 Å². The van der Waals surface area contributed by atoms with E-state index in [1.807, 2.05) is 0 Å². The topological polar surface area (TPSA) is 81.1 Å². The van der Waals surface area contributed by atoms with Crippen LogP contribution in [0.2, 0.25) is 0 Å². The average molecular weight is 261 g/mol. The minimum atomic E-state index is -0.0708. The van der Waals surface area contributed by atoms with Crippen LogP contribution in [0.5, 0.6) is 0 Å². The SMILES string of the molecule is CC1CCCC(NC(=O)c2cc(N)cc(N)c2)CC1. The fourth-order valence-electron chi connectivity index (χ4n) is 2.71. The number of carbonyl (C=O) groups is 1. The molecular formula is C15H23N3O. The largest absolute Gasteiger partial charge is 0.399 e. The van der Waals surface area contributed by atoms with Gasteiger partial charge in [-0.2, -0.15) is 0 Å². The van der Waals surface area contributed by atoms with Gasteiger partial charge in [-0.15, -0.1) is 0 Å². The fourth-order valence-corrected chi connectivity index (χ4v) is 2.71. The van der Waals surface area contributed by atoms with Crippen LogP contribution >= 0.6 is 0 Å². The first kappa shape index (κ1) is 13.7. The Bertz CT molecular complexity index is 438. The third-order valence-corrected chi connectivity index (χ3v) is 3.83. The van der Waals surface area contributed by atoms with Crippen LogP contribution in [-0.2, 0) is 0 Å². The van der Waals surface area contributed by atoms with E-state index in [4.69, 9.17) is 11.5 Å². The first-order chi connectivity index (χ1) is 9.04. The number of anilines is 2. The Morgan fingerprint density at radius 2 is 1.79 bits per heavy atom. The lowest BCUT2D eigenvalue weighted by Crippen LogP contribution is -2.34. The molecule has 1 aromatic rings. The van der Waals surface area contributed by atoms with Crippen molar-refractivity contribution in [1.29, 1.82) is 0 Å². The third-order valence-electron chi connectivity index (χ3n) is 3.83. The van der Waals surface area contributed by atoms with Gasteiger partial charge in [0.2, 0.25) is 0 Å². The predicted molar refractivity (Wildman–Crippen MR) is 78.8 cm³/mol. The van der Waals surface area contributed by atoms with Crippen molar-refractivity contribution in [2.75, 3.05) is 11.5 Å². The molecule has 1 aliphatic carbocycles. The van der Waals surface area contributed by atoms with E-state index in [0.29, 0.717) is 16.9 Å². The summed E-state index contributed by atoms with van der Waals surface area (Å²) in [6.07, 6.45) is 5.76. The number of nitrogens with two attached hydrogens (primary N) is 2. The highest BCUT2D eigenvalue weighted by atomic mass is 16.1. The lowest BCUT2D eigenvalue weighted by atomic mass is 10.0. The number of rotatable bonds is 2. The lowest BCUT2D eigenvalue weighted by Gasteiger charge is -2.16. The van der Waals surface area contributed by atoms with Gasteiger partial charge in [0.1, 0.15) is 0 Å². The summed E-state index contributed by atoms with van der Waals surface area (Å²) < 4.78 is 0. The quantitative estimate of drug-likeness (QED) is 0.565. The molecule has 2 unspecified atom stereocenters. The second kappa shape index (κ2) is 5.95. The number of hydrogen-bond acceptors (Lipinski definition) is 3. The zero-order valence-electron chi connectivity index (χ0n) is 11.5. The van der Waals surface area contributed by atoms with Crippen molar-refractivity contribution in [3.63, 3.8) is 0 Å². The van der Waals surface area contributed by atoms with Crippen molar-refractivity contribution in [3.05, 3.63) is 23.8 Å². The van der Waals surface area contributed by atoms with Crippen LogP contribution in [0.25, 0.3) is 0 Å². The van der Waals surface area contributed by atoms with Crippen LogP contribution in [0.4, 0.5) is 11.4 Å². The summed E-state index contributed by atoms with van der Waals surface area (Å²) in [5.41, 5.74) is 13.0. The summed E-state index contributed by atoms with van der Waals surface area (Å²) in [5.74, 6) is 0.698. The monoisotopic (exact) mass is 261 g/mol. The van der Waals surface area contributed by atoms with Crippen LogP contribution in [0.15, 0.2) is 18.2 Å². The molecule has 1 saturated carbocycles. The number of nitrogens with one attached hydrogen (secondary N) is 1. The molecule has 0 spiro atoms. The lowest BCUT2D eigenvalue weighted by molar-refractivity contribution is 0.0933.